The molecule has 0 bridgehead atoms. The van der Waals surface area contributed by atoms with E-state index in [1.165, 1.54) is 24.7 Å². The molecule has 0 saturated heterocycles. The predicted octanol–water partition coefficient (Wildman–Crippen LogP) is 3.84. The first-order chi connectivity index (χ1) is 13.4. The Morgan fingerprint density at radius 3 is 2.68 bits per heavy atom. The van der Waals surface area contributed by atoms with Crippen LogP contribution in [0.15, 0.2) is 59.5 Å². The largest absolute Gasteiger partial charge is 0.350 e. The smallest absolute Gasteiger partial charge is 0.269 e. The van der Waals surface area contributed by atoms with Crippen molar-refractivity contribution in [3.8, 4) is 5.69 Å². The van der Waals surface area contributed by atoms with E-state index in [1.54, 1.807) is 16.7 Å². The maximum atomic E-state index is 13.1. The zero-order valence-electron chi connectivity index (χ0n) is 15.1. The van der Waals surface area contributed by atoms with Crippen LogP contribution in [0, 0.1) is 12.7 Å². The van der Waals surface area contributed by atoms with Gasteiger partial charge in [-0.05, 0) is 48.9 Å². The first-order valence-electron chi connectivity index (χ1n) is 8.56. The fourth-order valence-electron chi connectivity index (χ4n) is 2.59. The number of nitrogens with one attached hydrogen (secondary N) is 2. The molecule has 0 aliphatic rings. The molecule has 0 unspecified atom stereocenters. The van der Waals surface area contributed by atoms with Crippen LogP contribution in [0.3, 0.4) is 0 Å². The van der Waals surface area contributed by atoms with E-state index in [4.69, 9.17) is 0 Å². The normalized spacial score (nSPS) is 10.5. The van der Waals surface area contributed by atoms with Crippen LogP contribution in [0.2, 0.25) is 0 Å². The maximum absolute atomic E-state index is 13.1. The summed E-state index contributed by atoms with van der Waals surface area (Å²) in [7, 11) is 0. The highest BCUT2D eigenvalue weighted by Crippen LogP contribution is 2.20. The van der Waals surface area contributed by atoms with Crippen molar-refractivity contribution in [3.05, 3.63) is 76.5 Å². The molecule has 0 fully saturated rings. The molecule has 3 rings (SSSR count). The summed E-state index contributed by atoms with van der Waals surface area (Å²) in [5.41, 5.74) is 2.59. The summed E-state index contributed by atoms with van der Waals surface area (Å²) in [6, 6.07) is 11.4. The van der Waals surface area contributed by atoms with Gasteiger partial charge < -0.3 is 10.6 Å². The highest BCUT2D eigenvalue weighted by molar-refractivity contribution is 9.10. The lowest BCUT2D eigenvalue weighted by Crippen LogP contribution is -2.29. The van der Waals surface area contributed by atoms with Crippen LogP contribution in [-0.2, 0) is 4.79 Å². The maximum Gasteiger partial charge on any atom is 0.269 e. The highest BCUT2D eigenvalue weighted by atomic mass is 79.9. The lowest BCUT2D eigenvalue weighted by Gasteiger charge is -2.10. The number of carbonyl (C=O) groups excluding carboxylic acids is 2. The molecule has 1 heterocycles. The Bertz CT molecular complexity index is 1000. The average molecular weight is 445 g/mol. The van der Waals surface area contributed by atoms with Crippen molar-refractivity contribution in [2.75, 3.05) is 11.9 Å². The number of hydrogen-bond donors (Lipinski definition) is 2. The van der Waals surface area contributed by atoms with Gasteiger partial charge in [0.2, 0.25) is 5.91 Å². The van der Waals surface area contributed by atoms with E-state index in [0.29, 0.717) is 11.4 Å². The first-order valence-corrected chi connectivity index (χ1v) is 9.36. The molecular formula is C20H18BrFN4O2. The van der Waals surface area contributed by atoms with E-state index in [9.17, 15) is 14.0 Å². The van der Waals surface area contributed by atoms with Crippen LogP contribution in [0.5, 0.6) is 0 Å². The molecule has 2 aromatic carbocycles. The summed E-state index contributed by atoms with van der Waals surface area (Å²) in [5.74, 6) is -0.927. The zero-order chi connectivity index (χ0) is 20.1. The number of carbonyl (C=O) groups is 2. The van der Waals surface area contributed by atoms with Crippen molar-refractivity contribution in [2.45, 2.75) is 13.3 Å². The summed E-state index contributed by atoms with van der Waals surface area (Å²) < 4.78 is 15.5. The van der Waals surface area contributed by atoms with Crippen LogP contribution in [0.1, 0.15) is 22.5 Å². The minimum Gasteiger partial charge on any atom is -0.350 e. The third kappa shape index (κ3) is 4.83. The van der Waals surface area contributed by atoms with Crippen molar-refractivity contribution in [3.63, 3.8) is 0 Å². The van der Waals surface area contributed by atoms with Crippen LogP contribution >= 0.6 is 15.9 Å². The molecule has 0 aliphatic carbocycles. The first kappa shape index (κ1) is 19.8. The number of halogens is 2. The number of aryl methyl sites for hydroxylation is 1. The van der Waals surface area contributed by atoms with E-state index in [-0.39, 0.29) is 30.6 Å². The third-order valence-corrected chi connectivity index (χ3v) is 4.58. The lowest BCUT2D eigenvalue weighted by atomic mass is 10.2. The van der Waals surface area contributed by atoms with Crippen molar-refractivity contribution in [2.24, 2.45) is 0 Å². The molecule has 0 atom stereocenters. The van der Waals surface area contributed by atoms with Gasteiger partial charge >= 0.3 is 0 Å². The van der Waals surface area contributed by atoms with E-state index in [1.807, 2.05) is 25.1 Å². The predicted molar refractivity (Wildman–Crippen MR) is 108 cm³/mol. The van der Waals surface area contributed by atoms with Crippen LogP contribution < -0.4 is 10.6 Å². The van der Waals surface area contributed by atoms with Crippen molar-refractivity contribution in [1.29, 1.82) is 0 Å². The molecule has 8 heteroatoms. The van der Waals surface area contributed by atoms with Gasteiger partial charge in [-0.1, -0.05) is 22.0 Å². The number of amides is 2. The topological polar surface area (TPSA) is 76.0 Å². The Morgan fingerprint density at radius 2 is 1.93 bits per heavy atom. The zero-order valence-corrected chi connectivity index (χ0v) is 16.7. The molecule has 2 amide bonds. The van der Waals surface area contributed by atoms with Crippen molar-refractivity contribution in [1.82, 2.24) is 14.9 Å². The fourth-order valence-corrected chi connectivity index (χ4v) is 2.95. The van der Waals surface area contributed by atoms with Gasteiger partial charge in [-0.15, -0.1) is 0 Å². The van der Waals surface area contributed by atoms with Gasteiger partial charge in [-0.25, -0.2) is 9.37 Å². The lowest BCUT2D eigenvalue weighted by molar-refractivity contribution is -0.116. The molecule has 144 valence electrons. The van der Waals surface area contributed by atoms with Gasteiger partial charge in [-0.2, -0.15) is 0 Å². The quantitative estimate of drug-likeness (QED) is 0.606. The van der Waals surface area contributed by atoms with E-state index in [0.717, 1.165) is 15.7 Å². The SMILES string of the molecule is Cc1ccc(Br)cc1NC(=O)CCNC(=O)c1cncn1-c1ccc(F)cc1. The number of anilines is 1. The Hall–Kier alpha value is -3.00. The van der Waals surface area contributed by atoms with E-state index in [2.05, 4.69) is 31.5 Å². The number of rotatable bonds is 6. The van der Waals surface area contributed by atoms with Crippen molar-refractivity contribution >= 4 is 33.4 Å². The van der Waals surface area contributed by atoms with Gasteiger partial charge in [0.1, 0.15) is 11.5 Å². The molecule has 0 radical (unpaired) electrons. The number of benzene rings is 2. The highest BCUT2D eigenvalue weighted by Gasteiger charge is 2.13. The molecule has 1 aromatic heterocycles. The third-order valence-electron chi connectivity index (χ3n) is 4.09. The molecule has 0 aliphatic heterocycles. The minimum absolute atomic E-state index is 0.127. The van der Waals surface area contributed by atoms with E-state index >= 15 is 0 Å². The van der Waals surface area contributed by atoms with Crippen LogP contribution in [0.25, 0.3) is 5.69 Å². The molecular weight excluding hydrogens is 427 g/mol. The number of hydrogen-bond acceptors (Lipinski definition) is 3. The monoisotopic (exact) mass is 444 g/mol. The Balaban J connectivity index is 1.56. The van der Waals surface area contributed by atoms with Gasteiger partial charge in [0.25, 0.3) is 5.91 Å². The second-order valence-corrected chi connectivity index (χ2v) is 7.05. The van der Waals surface area contributed by atoms with Crippen LogP contribution in [0.4, 0.5) is 10.1 Å². The minimum atomic E-state index is -0.367. The number of imidazole rings is 1. The van der Waals surface area contributed by atoms with Gasteiger partial charge in [0.05, 0.1) is 12.5 Å². The second-order valence-electron chi connectivity index (χ2n) is 6.14. The standard InChI is InChI=1S/C20H18BrFN4O2/c1-13-2-3-14(21)10-17(13)25-19(27)8-9-24-20(28)18-11-23-12-26(18)16-6-4-15(22)5-7-16/h2-7,10-12H,8-9H2,1H3,(H,24,28)(H,25,27). The average Bonchev–Trinajstić information content (AvgIpc) is 3.15. The van der Waals surface area contributed by atoms with Crippen molar-refractivity contribution < 1.29 is 14.0 Å². The summed E-state index contributed by atoms with van der Waals surface area (Å²) in [6.07, 6.45) is 3.02. The summed E-state index contributed by atoms with van der Waals surface area (Å²) >= 11 is 3.37. The summed E-state index contributed by atoms with van der Waals surface area (Å²) in [6.45, 7) is 2.08. The molecule has 2 N–H and O–H groups in total. The van der Waals surface area contributed by atoms with Gasteiger partial charge in [-0.3, -0.25) is 14.2 Å². The molecule has 0 saturated carbocycles. The Kier molecular flexibility index (Phi) is 6.20. The fraction of sp³-hybridized carbons (Fsp3) is 0.150. The van der Waals surface area contributed by atoms with Gasteiger partial charge in [0, 0.05) is 28.8 Å². The Labute approximate surface area is 169 Å². The van der Waals surface area contributed by atoms with E-state index < -0.39 is 0 Å². The summed E-state index contributed by atoms with van der Waals surface area (Å²) in [5, 5.41) is 5.53. The molecule has 0 spiro atoms. The Morgan fingerprint density at radius 1 is 1.18 bits per heavy atom. The molecule has 3 aromatic rings. The molecule has 6 nitrogen and oxygen atoms in total. The summed E-state index contributed by atoms with van der Waals surface area (Å²) in [4.78, 5) is 28.5. The second kappa shape index (κ2) is 8.79. The van der Waals surface area contributed by atoms with Gasteiger partial charge in [0.15, 0.2) is 0 Å². The number of nitrogens with zero attached hydrogens (tertiary/aromatic N) is 2. The van der Waals surface area contributed by atoms with Crippen LogP contribution in [-0.4, -0.2) is 27.9 Å². The molecule has 28 heavy (non-hydrogen) atoms. The number of aromatic nitrogens is 2.